The first-order chi connectivity index (χ1) is 13.6. The molecule has 0 spiro atoms. The van der Waals surface area contributed by atoms with Gasteiger partial charge in [-0.3, -0.25) is 4.98 Å². The van der Waals surface area contributed by atoms with Gasteiger partial charge in [0.25, 0.3) is 0 Å². The highest BCUT2D eigenvalue weighted by molar-refractivity contribution is 7.88. The van der Waals surface area contributed by atoms with Crippen molar-refractivity contribution < 1.29 is 35.2 Å². The molecule has 0 bridgehead atoms. The minimum Gasteiger partial charge on any atom is -0.493 e. The molecule has 1 aromatic heterocycles. The fourth-order valence-corrected chi connectivity index (χ4v) is 3.23. The number of nitrogens with zero attached hydrogens (tertiary/aromatic N) is 1. The van der Waals surface area contributed by atoms with Gasteiger partial charge in [0.05, 0.1) is 19.9 Å². The number of rotatable bonds is 5. The summed E-state index contributed by atoms with van der Waals surface area (Å²) in [6, 6.07) is 10.5. The number of pyridine rings is 1. The number of aromatic nitrogens is 1. The van der Waals surface area contributed by atoms with E-state index in [-0.39, 0.29) is 0 Å². The van der Waals surface area contributed by atoms with Crippen LogP contribution in [-0.2, 0) is 10.1 Å². The summed E-state index contributed by atoms with van der Waals surface area (Å²) in [6.07, 6.45) is 0. The smallest absolute Gasteiger partial charge is 0.493 e. The molecule has 0 aliphatic carbocycles. The third-order valence-corrected chi connectivity index (χ3v) is 5.12. The van der Waals surface area contributed by atoms with Gasteiger partial charge < -0.3 is 13.7 Å². The SMILES string of the molecule is COc1cc2cc(-c3cccc(OS(=O)(=O)C(F)(F)F)c3)nc(C)c2cc1OC. The van der Waals surface area contributed by atoms with Crippen LogP contribution in [0.15, 0.2) is 42.5 Å². The Hall–Kier alpha value is -3.01. The highest BCUT2D eigenvalue weighted by atomic mass is 32.2. The monoisotopic (exact) mass is 427 g/mol. The summed E-state index contributed by atoms with van der Waals surface area (Å²) in [6.45, 7) is 1.77. The molecule has 0 N–H and O–H groups in total. The van der Waals surface area contributed by atoms with Gasteiger partial charge in [-0.25, -0.2) is 0 Å². The van der Waals surface area contributed by atoms with Crippen LogP contribution in [0.4, 0.5) is 13.2 Å². The van der Waals surface area contributed by atoms with Gasteiger partial charge in [0.15, 0.2) is 11.5 Å². The topological polar surface area (TPSA) is 74.7 Å². The molecule has 0 radical (unpaired) electrons. The van der Waals surface area contributed by atoms with E-state index in [1.807, 2.05) is 0 Å². The number of hydrogen-bond donors (Lipinski definition) is 0. The van der Waals surface area contributed by atoms with E-state index in [1.165, 1.54) is 26.4 Å². The highest BCUT2D eigenvalue weighted by Crippen LogP contribution is 2.35. The summed E-state index contributed by atoms with van der Waals surface area (Å²) in [7, 11) is -2.74. The molecule has 2 aromatic carbocycles. The van der Waals surface area contributed by atoms with Crippen LogP contribution >= 0.6 is 0 Å². The number of fused-ring (bicyclic) bond motifs is 1. The van der Waals surface area contributed by atoms with E-state index in [0.717, 1.165) is 16.8 Å². The maximum Gasteiger partial charge on any atom is 0.534 e. The molecular formula is C19H16F3NO5S. The minimum atomic E-state index is -5.76. The van der Waals surface area contributed by atoms with Gasteiger partial charge in [0.2, 0.25) is 0 Å². The lowest BCUT2D eigenvalue weighted by Crippen LogP contribution is -2.28. The van der Waals surface area contributed by atoms with Crippen molar-refractivity contribution in [3.63, 3.8) is 0 Å². The van der Waals surface area contributed by atoms with E-state index in [9.17, 15) is 21.6 Å². The van der Waals surface area contributed by atoms with Gasteiger partial charge in [-0.15, -0.1) is 0 Å². The second-order valence-electron chi connectivity index (χ2n) is 6.03. The lowest BCUT2D eigenvalue weighted by molar-refractivity contribution is -0.0500. The molecule has 0 saturated heterocycles. The van der Waals surface area contributed by atoms with E-state index < -0.39 is 21.4 Å². The van der Waals surface area contributed by atoms with Crippen molar-refractivity contribution >= 4 is 20.9 Å². The third kappa shape index (κ3) is 4.07. The molecule has 0 amide bonds. The lowest BCUT2D eigenvalue weighted by atomic mass is 10.0. The molecule has 0 saturated carbocycles. The number of aryl methyl sites for hydroxylation is 1. The summed E-state index contributed by atoms with van der Waals surface area (Å²) < 4.78 is 74.9. The number of methoxy groups -OCH3 is 2. The van der Waals surface area contributed by atoms with Crippen molar-refractivity contribution in [3.8, 4) is 28.5 Å². The zero-order valence-corrected chi connectivity index (χ0v) is 16.4. The van der Waals surface area contributed by atoms with E-state index in [2.05, 4.69) is 9.17 Å². The molecule has 0 atom stereocenters. The van der Waals surface area contributed by atoms with Crippen molar-refractivity contribution in [2.45, 2.75) is 12.4 Å². The van der Waals surface area contributed by atoms with Crippen LogP contribution in [0.3, 0.4) is 0 Å². The minimum absolute atomic E-state index is 0.389. The van der Waals surface area contributed by atoms with Gasteiger partial charge in [0.1, 0.15) is 5.75 Å². The van der Waals surface area contributed by atoms with Crippen LogP contribution in [-0.4, -0.2) is 33.1 Å². The maximum atomic E-state index is 12.6. The van der Waals surface area contributed by atoms with Crippen molar-refractivity contribution in [3.05, 3.63) is 48.2 Å². The molecule has 154 valence electrons. The molecule has 29 heavy (non-hydrogen) atoms. The van der Waals surface area contributed by atoms with Gasteiger partial charge >= 0.3 is 15.6 Å². The zero-order chi connectivity index (χ0) is 21.4. The molecule has 0 unspecified atom stereocenters. The van der Waals surface area contributed by atoms with E-state index in [0.29, 0.717) is 28.5 Å². The first-order valence-corrected chi connectivity index (χ1v) is 9.61. The van der Waals surface area contributed by atoms with Crippen molar-refractivity contribution in [1.82, 2.24) is 4.98 Å². The number of alkyl halides is 3. The highest BCUT2D eigenvalue weighted by Gasteiger charge is 2.48. The number of halogens is 3. The second-order valence-corrected chi connectivity index (χ2v) is 7.57. The molecule has 0 aliphatic rings. The summed E-state index contributed by atoms with van der Waals surface area (Å²) in [5.41, 5.74) is -4.06. The van der Waals surface area contributed by atoms with Gasteiger partial charge in [-0.05, 0) is 42.6 Å². The Morgan fingerprint density at radius 3 is 2.24 bits per heavy atom. The fraction of sp³-hybridized carbons (Fsp3) is 0.211. The van der Waals surface area contributed by atoms with Crippen LogP contribution < -0.4 is 13.7 Å². The predicted molar refractivity (Wildman–Crippen MR) is 101 cm³/mol. The van der Waals surface area contributed by atoms with E-state index in [4.69, 9.17) is 9.47 Å². The number of ether oxygens (including phenoxy) is 2. The van der Waals surface area contributed by atoms with E-state index >= 15 is 0 Å². The Morgan fingerprint density at radius 1 is 0.966 bits per heavy atom. The Labute approximate surface area is 165 Å². The normalized spacial score (nSPS) is 12.1. The Kier molecular flexibility index (Phi) is 5.31. The number of hydrogen-bond acceptors (Lipinski definition) is 6. The Morgan fingerprint density at radius 2 is 1.62 bits per heavy atom. The molecule has 10 heteroatoms. The number of benzene rings is 2. The van der Waals surface area contributed by atoms with Gasteiger partial charge in [0, 0.05) is 16.6 Å². The second kappa shape index (κ2) is 7.43. The fourth-order valence-electron chi connectivity index (χ4n) is 2.78. The summed E-state index contributed by atoms with van der Waals surface area (Å²) in [5, 5.41) is 1.57. The predicted octanol–water partition coefficient (Wildman–Crippen LogP) is 4.46. The Balaban J connectivity index is 2.07. The molecule has 0 aliphatic heterocycles. The van der Waals surface area contributed by atoms with Crippen molar-refractivity contribution in [1.29, 1.82) is 0 Å². The maximum absolute atomic E-state index is 12.6. The first-order valence-electron chi connectivity index (χ1n) is 8.20. The summed E-state index contributed by atoms with van der Waals surface area (Å²) in [5.74, 6) is 0.571. The standard InChI is InChI=1S/C19H16F3NO5S/c1-11-15-10-18(27-3)17(26-2)9-13(15)8-16(23-11)12-5-4-6-14(7-12)28-29(24,25)19(20,21)22/h4-10H,1-3H3. The van der Waals surface area contributed by atoms with Crippen LogP contribution in [0.1, 0.15) is 5.69 Å². The van der Waals surface area contributed by atoms with Crippen molar-refractivity contribution in [2.75, 3.05) is 14.2 Å². The van der Waals surface area contributed by atoms with Gasteiger partial charge in [-0.2, -0.15) is 21.6 Å². The summed E-state index contributed by atoms with van der Waals surface area (Å²) in [4.78, 5) is 4.47. The Bertz CT molecular complexity index is 1180. The largest absolute Gasteiger partial charge is 0.534 e. The lowest BCUT2D eigenvalue weighted by Gasteiger charge is -2.13. The van der Waals surface area contributed by atoms with Crippen LogP contribution in [0, 0.1) is 6.92 Å². The molecule has 3 aromatic rings. The average Bonchev–Trinajstić information content (AvgIpc) is 2.65. The summed E-state index contributed by atoms with van der Waals surface area (Å²) >= 11 is 0. The molecule has 1 heterocycles. The average molecular weight is 427 g/mol. The molecule has 6 nitrogen and oxygen atoms in total. The molecule has 0 fully saturated rings. The van der Waals surface area contributed by atoms with E-state index in [1.54, 1.807) is 31.2 Å². The third-order valence-electron chi connectivity index (χ3n) is 4.15. The zero-order valence-electron chi connectivity index (χ0n) is 15.6. The van der Waals surface area contributed by atoms with Gasteiger partial charge in [-0.1, -0.05) is 12.1 Å². The van der Waals surface area contributed by atoms with Crippen LogP contribution in [0.2, 0.25) is 0 Å². The first kappa shape index (κ1) is 20.7. The van der Waals surface area contributed by atoms with Crippen LogP contribution in [0.5, 0.6) is 17.2 Å². The molecule has 3 rings (SSSR count). The van der Waals surface area contributed by atoms with Crippen LogP contribution in [0.25, 0.3) is 22.0 Å². The quantitative estimate of drug-likeness (QED) is 0.442. The van der Waals surface area contributed by atoms with Crippen molar-refractivity contribution in [2.24, 2.45) is 0 Å². The molecular weight excluding hydrogens is 411 g/mol.